The van der Waals surface area contributed by atoms with Crippen LogP contribution in [0, 0.1) is 5.82 Å². The van der Waals surface area contributed by atoms with Crippen molar-refractivity contribution >= 4 is 22.6 Å². The summed E-state index contributed by atoms with van der Waals surface area (Å²) in [7, 11) is 1.61. The van der Waals surface area contributed by atoms with Crippen LogP contribution in [0.15, 0.2) is 46.9 Å². The van der Waals surface area contributed by atoms with Crippen LogP contribution in [0.2, 0.25) is 5.02 Å². The Morgan fingerprint density at radius 3 is 2.79 bits per heavy atom. The van der Waals surface area contributed by atoms with E-state index >= 15 is 0 Å². The molecule has 2 aromatic carbocycles. The topological polar surface area (TPSA) is 54.6 Å². The Balaban J connectivity index is 1.74. The van der Waals surface area contributed by atoms with E-state index in [9.17, 15) is 9.50 Å². The zero-order valence-corrected chi connectivity index (χ0v) is 13.8. The molecule has 24 heavy (non-hydrogen) atoms. The van der Waals surface area contributed by atoms with Crippen molar-refractivity contribution in [3.63, 3.8) is 0 Å². The SMILES string of the molecule is COc1ccc2oc(CNC(CO)c3ccc(Cl)c(F)c3)cc2c1. The average Bonchev–Trinajstić information content (AvgIpc) is 3.00. The van der Waals surface area contributed by atoms with Gasteiger partial charge in [0, 0.05) is 5.39 Å². The maximum Gasteiger partial charge on any atom is 0.142 e. The van der Waals surface area contributed by atoms with Gasteiger partial charge in [0.15, 0.2) is 0 Å². The fraction of sp³-hybridized carbons (Fsp3) is 0.222. The molecule has 1 atom stereocenters. The predicted molar refractivity (Wildman–Crippen MR) is 90.8 cm³/mol. The molecule has 0 aliphatic carbocycles. The third-order valence-electron chi connectivity index (χ3n) is 3.83. The van der Waals surface area contributed by atoms with Gasteiger partial charge >= 0.3 is 0 Å². The van der Waals surface area contributed by atoms with Crippen LogP contribution in [0.5, 0.6) is 5.75 Å². The summed E-state index contributed by atoms with van der Waals surface area (Å²) >= 11 is 5.69. The van der Waals surface area contributed by atoms with Crippen molar-refractivity contribution in [3.05, 3.63) is 64.6 Å². The van der Waals surface area contributed by atoms with E-state index in [0.717, 1.165) is 16.7 Å². The first-order valence-electron chi connectivity index (χ1n) is 7.46. The highest BCUT2D eigenvalue weighted by Gasteiger charge is 2.13. The van der Waals surface area contributed by atoms with Gasteiger partial charge in [-0.25, -0.2) is 4.39 Å². The summed E-state index contributed by atoms with van der Waals surface area (Å²) in [5.74, 6) is 0.962. The molecule has 126 valence electrons. The van der Waals surface area contributed by atoms with Gasteiger partial charge in [-0.3, -0.25) is 0 Å². The number of rotatable bonds is 6. The van der Waals surface area contributed by atoms with Crippen molar-refractivity contribution in [2.75, 3.05) is 13.7 Å². The largest absolute Gasteiger partial charge is 0.497 e. The Morgan fingerprint density at radius 1 is 1.25 bits per heavy atom. The molecule has 0 radical (unpaired) electrons. The minimum Gasteiger partial charge on any atom is -0.497 e. The molecule has 6 heteroatoms. The molecule has 4 nitrogen and oxygen atoms in total. The predicted octanol–water partition coefficient (Wildman–Crippen LogP) is 4.06. The Hall–Kier alpha value is -2.08. The van der Waals surface area contributed by atoms with E-state index in [1.807, 2.05) is 24.3 Å². The number of furan rings is 1. The lowest BCUT2D eigenvalue weighted by Gasteiger charge is -2.16. The maximum absolute atomic E-state index is 13.6. The lowest BCUT2D eigenvalue weighted by atomic mass is 10.1. The summed E-state index contributed by atoms with van der Waals surface area (Å²) in [6.07, 6.45) is 0. The van der Waals surface area contributed by atoms with Crippen LogP contribution in [0.3, 0.4) is 0 Å². The second-order valence-electron chi connectivity index (χ2n) is 5.41. The van der Waals surface area contributed by atoms with Gasteiger partial charge in [0.05, 0.1) is 31.3 Å². The second kappa shape index (κ2) is 7.21. The monoisotopic (exact) mass is 349 g/mol. The smallest absolute Gasteiger partial charge is 0.142 e. The van der Waals surface area contributed by atoms with Crippen LogP contribution in [0.25, 0.3) is 11.0 Å². The number of aliphatic hydroxyl groups is 1. The molecule has 0 spiro atoms. The van der Waals surface area contributed by atoms with Crippen molar-refractivity contribution in [2.45, 2.75) is 12.6 Å². The Kier molecular flexibility index (Phi) is 5.04. The van der Waals surface area contributed by atoms with Gasteiger partial charge in [0.25, 0.3) is 0 Å². The molecule has 0 saturated carbocycles. The van der Waals surface area contributed by atoms with Crippen molar-refractivity contribution in [2.24, 2.45) is 0 Å². The highest BCUT2D eigenvalue weighted by Crippen LogP contribution is 2.25. The normalized spacial score (nSPS) is 12.5. The average molecular weight is 350 g/mol. The standard InChI is InChI=1S/C18H17ClFNO3/c1-23-13-3-5-18-12(6-13)7-14(24-18)9-21-17(10-22)11-2-4-15(19)16(20)8-11/h2-8,17,21-22H,9-10H2,1H3. The van der Waals surface area contributed by atoms with Gasteiger partial charge in [0.1, 0.15) is 22.9 Å². The zero-order chi connectivity index (χ0) is 17.1. The molecule has 1 heterocycles. The van der Waals surface area contributed by atoms with Crippen molar-refractivity contribution in [1.82, 2.24) is 5.32 Å². The summed E-state index contributed by atoms with van der Waals surface area (Å²) < 4.78 is 24.5. The molecule has 1 aromatic heterocycles. The third-order valence-corrected chi connectivity index (χ3v) is 4.13. The lowest BCUT2D eigenvalue weighted by Crippen LogP contribution is -2.23. The quantitative estimate of drug-likeness (QED) is 0.704. The van der Waals surface area contributed by atoms with Crippen LogP contribution >= 0.6 is 11.6 Å². The molecular formula is C18H17ClFNO3. The summed E-state index contributed by atoms with van der Waals surface area (Å²) in [5.41, 5.74) is 1.38. The molecule has 0 aliphatic heterocycles. The number of hydrogen-bond donors (Lipinski definition) is 2. The number of nitrogens with one attached hydrogen (secondary N) is 1. The van der Waals surface area contributed by atoms with Crippen molar-refractivity contribution in [1.29, 1.82) is 0 Å². The van der Waals surface area contributed by atoms with E-state index in [1.165, 1.54) is 12.1 Å². The van der Waals surface area contributed by atoms with Crippen LogP contribution in [0.1, 0.15) is 17.4 Å². The van der Waals surface area contributed by atoms with E-state index in [0.29, 0.717) is 17.9 Å². The van der Waals surface area contributed by atoms with E-state index in [1.54, 1.807) is 13.2 Å². The number of fused-ring (bicyclic) bond motifs is 1. The fourth-order valence-electron chi connectivity index (χ4n) is 2.53. The van der Waals surface area contributed by atoms with E-state index < -0.39 is 11.9 Å². The third kappa shape index (κ3) is 3.53. The summed E-state index contributed by atoms with van der Waals surface area (Å²) in [5, 5.41) is 13.7. The molecule has 0 fully saturated rings. The van der Waals surface area contributed by atoms with Gasteiger partial charge in [-0.05, 0) is 42.0 Å². The highest BCUT2D eigenvalue weighted by atomic mass is 35.5. The number of hydrogen-bond acceptors (Lipinski definition) is 4. The Morgan fingerprint density at radius 2 is 2.08 bits per heavy atom. The summed E-state index contributed by atoms with van der Waals surface area (Å²) in [4.78, 5) is 0. The molecule has 0 aliphatic rings. The fourth-order valence-corrected chi connectivity index (χ4v) is 2.65. The Labute approximate surface area is 143 Å². The highest BCUT2D eigenvalue weighted by molar-refractivity contribution is 6.30. The minimum absolute atomic E-state index is 0.0571. The molecule has 0 amide bonds. The van der Waals surface area contributed by atoms with Crippen molar-refractivity contribution in [3.8, 4) is 5.75 Å². The van der Waals surface area contributed by atoms with Crippen molar-refractivity contribution < 1.29 is 18.7 Å². The molecule has 1 unspecified atom stereocenters. The van der Waals surface area contributed by atoms with Gasteiger partial charge in [0.2, 0.25) is 0 Å². The van der Waals surface area contributed by atoms with Gasteiger partial charge in [-0.1, -0.05) is 17.7 Å². The van der Waals surface area contributed by atoms with E-state index in [4.69, 9.17) is 20.8 Å². The van der Waals surface area contributed by atoms with Crippen LogP contribution in [-0.4, -0.2) is 18.8 Å². The lowest BCUT2D eigenvalue weighted by molar-refractivity contribution is 0.241. The summed E-state index contributed by atoms with van der Waals surface area (Å²) in [6.45, 7) is 0.224. The van der Waals surface area contributed by atoms with Crippen LogP contribution in [-0.2, 0) is 6.54 Å². The maximum atomic E-state index is 13.6. The number of aliphatic hydroxyl groups excluding tert-OH is 1. The minimum atomic E-state index is -0.509. The zero-order valence-electron chi connectivity index (χ0n) is 13.1. The molecule has 0 bridgehead atoms. The molecular weight excluding hydrogens is 333 g/mol. The van der Waals surface area contributed by atoms with Gasteiger partial charge in [-0.15, -0.1) is 0 Å². The second-order valence-corrected chi connectivity index (χ2v) is 5.81. The number of benzene rings is 2. The van der Waals surface area contributed by atoms with E-state index in [-0.39, 0.29) is 11.6 Å². The molecule has 3 aromatic rings. The van der Waals surface area contributed by atoms with E-state index in [2.05, 4.69) is 5.32 Å². The van der Waals surface area contributed by atoms with Crippen LogP contribution in [0.4, 0.5) is 4.39 Å². The molecule has 3 rings (SSSR count). The first-order valence-corrected chi connectivity index (χ1v) is 7.84. The van der Waals surface area contributed by atoms with Gasteiger partial charge in [-0.2, -0.15) is 0 Å². The number of halogens is 2. The molecule has 0 saturated heterocycles. The van der Waals surface area contributed by atoms with Gasteiger partial charge < -0.3 is 19.6 Å². The summed E-state index contributed by atoms with van der Waals surface area (Å²) in [6, 6.07) is 11.5. The Bertz CT molecular complexity index is 849. The number of methoxy groups -OCH3 is 1. The first kappa shape index (κ1) is 16.8. The number of ether oxygens (including phenoxy) is 1. The first-order chi connectivity index (χ1) is 11.6. The molecule has 2 N–H and O–H groups in total. The van der Waals surface area contributed by atoms with Crippen LogP contribution < -0.4 is 10.1 Å².